The van der Waals surface area contributed by atoms with Crippen LogP contribution in [0.5, 0.6) is 5.75 Å². The summed E-state index contributed by atoms with van der Waals surface area (Å²) in [6, 6.07) is 16.4. The number of hydrogen-bond donors (Lipinski definition) is 2. The molecule has 0 bridgehead atoms. The summed E-state index contributed by atoms with van der Waals surface area (Å²) in [4.78, 5) is 16.6. The SMILES string of the molecule is COc1ccc(Nc2ccnc(C(=O)Nc3ccccc3C)c2)cc1Cl. The molecule has 1 aromatic heterocycles. The first-order valence-electron chi connectivity index (χ1n) is 8.00. The second-order valence-electron chi connectivity index (χ2n) is 5.67. The molecule has 5 nitrogen and oxygen atoms in total. The van der Waals surface area contributed by atoms with Gasteiger partial charge in [0.1, 0.15) is 11.4 Å². The Morgan fingerprint density at radius 2 is 1.85 bits per heavy atom. The highest BCUT2D eigenvalue weighted by Gasteiger charge is 2.10. The molecule has 3 rings (SSSR count). The summed E-state index contributed by atoms with van der Waals surface area (Å²) in [7, 11) is 1.57. The maximum Gasteiger partial charge on any atom is 0.274 e. The van der Waals surface area contributed by atoms with Gasteiger partial charge in [-0.25, -0.2) is 0 Å². The molecule has 0 aliphatic rings. The van der Waals surface area contributed by atoms with Crippen molar-refractivity contribution < 1.29 is 9.53 Å². The summed E-state index contributed by atoms with van der Waals surface area (Å²) in [6.45, 7) is 1.94. The highest BCUT2D eigenvalue weighted by Crippen LogP contribution is 2.29. The fourth-order valence-electron chi connectivity index (χ4n) is 2.44. The van der Waals surface area contributed by atoms with Crippen LogP contribution in [0.3, 0.4) is 0 Å². The van der Waals surface area contributed by atoms with Gasteiger partial charge in [0.2, 0.25) is 0 Å². The fourth-order valence-corrected chi connectivity index (χ4v) is 2.70. The number of halogens is 1. The molecule has 6 heteroatoms. The van der Waals surface area contributed by atoms with Gasteiger partial charge in [0.05, 0.1) is 12.1 Å². The number of benzene rings is 2. The van der Waals surface area contributed by atoms with Crippen molar-refractivity contribution in [3.05, 3.63) is 77.1 Å². The van der Waals surface area contributed by atoms with Gasteiger partial charge in [-0.2, -0.15) is 0 Å². The van der Waals surface area contributed by atoms with Gasteiger partial charge >= 0.3 is 0 Å². The molecular formula is C20H18ClN3O2. The van der Waals surface area contributed by atoms with E-state index >= 15 is 0 Å². The first-order chi connectivity index (χ1) is 12.6. The van der Waals surface area contributed by atoms with E-state index in [0.29, 0.717) is 16.5 Å². The first-order valence-corrected chi connectivity index (χ1v) is 8.38. The van der Waals surface area contributed by atoms with Crippen molar-refractivity contribution >= 4 is 34.6 Å². The number of carbonyl (C=O) groups is 1. The van der Waals surface area contributed by atoms with Gasteiger partial charge < -0.3 is 15.4 Å². The Morgan fingerprint density at radius 1 is 1.08 bits per heavy atom. The Labute approximate surface area is 157 Å². The average Bonchev–Trinajstić information content (AvgIpc) is 2.64. The van der Waals surface area contributed by atoms with Crippen LogP contribution in [0, 0.1) is 6.92 Å². The molecule has 2 aromatic carbocycles. The molecule has 0 unspecified atom stereocenters. The van der Waals surface area contributed by atoms with Crippen molar-refractivity contribution in [2.24, 2.45) is 0 Å². The average molecular weight is 368 g/mol. The maximum atomic E-state index is 12.5. The van der Waals surface area contributed by atoms with E-state index in [0.717, 1.165) is 22.6 Å². The second-order valence-corrected chi connectivity index (χ2v) is 6.08. The van der Waals surface area contributed by atoms with E-state index in [9.17, 15) is 4.79 Å². The molecule has 2 N–H and O–H groups in total. The van der Waals surface area contributed by atoms with Crippen molar-refractivity contribution in [1.82, 2.24) is 4.98 Å². The van der Waals surface area contributed by atoms with E-state index in [4.69, 9.17) is 16.3 Å². The lowest BCUT2D eigenvalue weighted by molar-refractivity contribution is 0.102. The molecule has 0 aliphatic heterocycles. The zero-order chi connectivity index (χ0) is 18.5. The van der Waals surface area contributed by atoms with Crippen LogP contribution < -0.4 is 15.4 Å². The number of nitrogens with one attached hydrogen (secondary N) is 2. The van der Waals surface area contributed by atoms with Gasteiger partial charge in [-0.1, -0.05) is 29.8 Å². The maximum absolute atomic E-state index is 12.5. The Morgan fingerprint density at radius 3 is 2.58 bits per heavy atom. The lowest BCUT2D eigenvalue weighted by Gasteiger charge is -2.11. The zero-order valence-electron chi connectivity index (χ0n) is 14.4. The minimum atomic E-state index is -0.268. The second kappa shape index (κ2) is 7.89. The molecule has 0 aliphatic carbocycles. The van der Waals surface area contributed by atoms with Crippen LogP contribution in [0.25, 0.3) is 0 Å². The minimum absolute atomic E-state index is 0.268. The normalized spacial score (nSPS) is 10.3. The lowest BCUT2D eigenvalue weighted by atomic mass is 10.2. The number of aromatic nitrogens is 1. The van der Waals surface area contributed by atoms with Crippen molar-refractivity contribution in [3.8, 4) is 5.75 Å². The number of amides is 1. The lowest BCUT2D eigenvalue weighted by Crippen LogP contribution is -2.14. The van der Waals surface area contributed by atoms with E-state index in [1.807, 2.05) is 37.3 Å². The van der Waals surface area contributed by atoms with Crippen molar-refractivity contribution in [1.29, 1.82) is 0 Å². The fraction of sp³-hybridized carbons (Fsp3) is 0.100. The van der Waals surface area contributed by atoms with Gasteiger partial charge in [-0.05, 0) is 48.9 Å². The largest absolute Gasteiger partial charge is 0.495 e. The number of pyridine rings is 1. The monoisotopic (exact) mass is 367 g/mol. The van der Waals surface area contributed by atoms with Crippen LogP contribution in [0.2, 0.25) is 5.02 Å². The van der Waals surface area contributed by atoms with Crippen LogP contribution >= 0.6 is 11.6 Å². The number of methoxy groups -OCH3 is 1. The molecule has 0 saturated heterocycles. The van der Waals surface area contributed by atoms with E-state index in [2.05, 4.69) is 15.6 Å². The van der Waals surface area contributed by atoms with Gasteiger partial charge in [-0.15, -0.1) is 0 Å². The number of ether oxygens (including phenoxy) is 1. The zero-order valence-corrected chi connectivity index (χ0v) is 15.2. The minimum Gasteiger partial charge on any atom is -0.495 e. The molecule has 1 amide bonds. The molecule has 3 aromatic rings. The molecule has 26 heavy (non-hydrogen) atoms. The summed E-state index contributed by atoms with van der Waals surface area (Å²) in [5.41, 5.74) is 3.59. The van der Waals surface area contributed by atoms with Crippen LogP contribution in [-0.2, 0) is 0 Å². The molecule has 0 fully saturated rings. The molecule has 0 atom stereocenters. The number of aryl methyl sites for hydroxylation is 1. The van der Waals surface area contributed by atoms with Gasteiger partial charge in [0.25, 0.3) is 5.91 Å². The van der Waals surface area contributed by atoms with Crippen LogP contribution in [0.15, 0.2) is 60.8 Å². The number of nitrogens with zero attached hydrogens (tertiary/aromatic N) is 1. The van der Waals surface area contributed by atoms with Crippen LogP contribution in [0.1, 0.15) is 16.1 Å². The highest BCUT2D eigenvalue weighted by molar-refractivity contribution is 6.32. The predicted molar refractivity (Wildman–Crippen MR) is 105 cm³/mol. The van der Waals surface area contributed by atoms with E-state index < -0.39 is 0 Å². The predicted octanol–water partition coefficient (Wildman–Crippen LogP) is 5.05. The first kappa shape index (κ1) is 17.8. The summed E-state index contributed by atoms with van der Waals surface area (Å²) in [6.07, 6.45) is 1.58. The molecule has 0 radical (unpaired) electrons. The molecule has 132 valence electrons. The topological polar surface area (TPSA) is 63.2 Å². The van der Waals surface area contributed by atoms with Crippen molar-refractivity contribution in [2.75, 3.05) is 17.7 Å². The molecule has 1 heterocycles. The number of anilines is 3. The number of hydrogen-bond acceptors (Lipinski definition) is 4. The summed E-state index contributed by atoms with van der Waals surface area (Å²) in [5.74, 6) is 0.334. The molecule has 0 saturated carbocycles. The van der Waals surface area contributed by atoms with Crippen molar-refractivity contribution in [3.63, 3.8) is 0 Å². The Hall–Kier alpha value is -3.05. The van der Waals surface area contributed by atoms with Crippen LogP contribution in [-0.4, -0.2) is 18.0 Å². The standard InChI is InChI=1S/C20H18ClN3O2/c1-13-5-3-4-6-17(13)24-20(25)18-12-15(9-10-22-18)23-14-7-8-19(26-2)16(21)11-14/h3-12H,1-2H3,(H,22,23)(H,24,25). The van der Waals surface area contributed by atoms with Gasteiger partial charge in [0, 0.05) is 23.3 Å². The summed E-state index contributed by atoms with van der Waals surface area (Å²) in [5, 5.41) is 6.59. The third kappa shape index (κ3) is 4.13. The third-order valence-electron chi connectivity index (χ3n) is 3.83. The summed E-state index contributed by atoms with van der Waals surface area (Å²) < 4.78 is 5.14. The summed E-state index contributed by atoms with van der Waals surface area (Å²) >= 11 is 6.14. The van der Waals surface area contributed by atoms with Gasteiger partial charge in [-0.3, -0.25) is 9.78 Å². The van der Waals surface area contributed by atoms with E-state index in [-0.39, 0.29) is 5.91 Å². The van der Waals surface area contributed by atoms with Crippen molar-refractivity contribution in [2.45, 2.75) is 6.92 Å². The Kier molecular flexibility index (Phi) is 5.39. The number of rotatable bonds is 5. The number of carbonyl (C=O) groups excluding carboxylic acids is 1. The molecule has 0 spiro atoms. The van der Waals surface area contributed by atoms with E-state index in [1.165, 1.54) is 0 Å². The number of para-hydroxylation sites is 1. The Balaban J connectivity index is 1.76. The van der Waals surface area contributed by atoms with Crippen LogP contribution in [0.4, 0.5) is 17.1 Å². The van der Waals surface area contributed by atoms with Gasteiger partial charge in [0.15, 0.2) is 0 Å². The third-order valence-corrected chi connectivity index (χ3v) is 4.12. The highest BCUT2D eigenvalue weighted by atomic mass is 35.5. The Bertz CT molecular complexity index is 944. The molecular weight excluding hydrogens is 350 g/mol. The van der Waals surface area contributed by atoms with E-state index in [1.54, 1.807) is 37.6 Å². The quantitative estimate of drug-likeness (QED) is 0.662. The smallest absolute Gasteiger partial charge is 0.274 e.